The minimum absolute atomic E-state index is 0.156. The second kappa shape index (κ2) is 5.91. The number of aromatic nitrogens is 1. The third-order valence-electron chi connectivity index (χ3n) is 3.61. The van der Waals surface area contributed by atoms with Crippen LogP contribution in [0.1, 0.15) is 46.1 Å². The number of nitrogens with zero attached hydrogens (tertiary/aromatic N) is 2. The van der Waals surface area contributed by atoms with Crippen LogP contribution in [0.5, 0.6) is 0 Å². The molecule has 3 nitrogen and oxygen atoms in total. The van der Waals surface area contributed by atoms with Crippen molar-refractivity contribution in [1.82, 2.24) is 10.3 Å². The zero-order chi connectivity index (χ0) is 13.9. The van der Waals surface area contributed by atoms with Crippen LogP contribution in [-0.4, -0.2) is 23.6 Å². The van der Waals surface area contributed by atoms with Crippen molar-refractivity contribution >= 4 is 5.82 Å². The Morgan fingerprint density at radius 3 is 2.89 bits per heavy atom. The Bertz CT molecular complexity index is 409. The van der Waals surface area contributed by atoms with Crippen LogP contribution < -0.4 is 10.2 Å². The van der Waals surface area contributed by atoms with Gasteiger partial charge in [-0.15, -0.1) is 0 Å². The van der Waals surface area contributed by atoms with Crippen LogP contribution in [-0.2, 0) is 6.54 Å². The van der Waals surface area contributed by atoms with Crippen molar-refractivity contribution < 1.29 is 0 Å². The Labute approximate surface area is 117 Å². The van der Waals surface area contributed by atoms with E-state index in [2.05, 4.69) is 55.0 Å². The maximum atomic E-state index is 4.54. The van der Waals surface area contributed by atoms with Gasteiger partial charge in [-0.2, -0.15) is 0 Å². The highest BCUT2D eigenvalue weighted by Crippen LogP contribution is 2.21. The van der Waals surface area contributed by atoms with Crippen molar-refractivity contribution in [3.63, 3.8) is 0 Å². The predicted molar refractivity (Wildman–Crippen MR) is 81.4 cm³/mol. The van der Waals surface area contributed by atoms with Gasteiger partial charge in [0.25, 0.3) is 0 Å². The van der Waals surface area contributed by atoms with Crippen molar-refractivity contribution in [2.75, 3.05) is 18.0 Å². The minimum atomic E-state index is 0.156. The summed E-state index contributed by atoms with van der Waals surface area (Å²) in [6, 6.07) is 4.34. The molecule has 0 aliphatic carbocycles. The van der Waals surface area contributed by atoms with E-state index < -0.39 is 0 Å². The van der Waals surface area contributed by atoms with Crippen molar-refractivity contribution in [2.45, 2.75) is 52.6 Å². The highest BCUT2D eigenvalue weighted by molar-refractivity contribution is 5.41. The van der Waals surface area contributed by atoms with E-state index in [1.54, 1.807) is 0 Å². The normalized spacial score (nSPS) is 20.6. The van der Waals surface area contributed by atoms with Crippen LogP contribution in [0.2, 0.25) is 0 Å². The molecule has 1 atom stereocenters. The lowest BCUT2D eigenvalue weighted by Crippen LogP contribution is -2.36. The maximum Gasteiger partial charge on any atom is 0.128 e. The number of hydrogen-bond acceptors (Lipinski definition) is 3. The van der Waals surface area contributed by atoms with Gasteiger partial charge in [0, 0.05) is 31.4 Å². The number of anilines is 1. The summed E-state index contributed by atoms with van der Waals surface area (Å²) >= 11 is 0. The second-order valence-corrected chi connectivity index (χ2v) is 6.82. The Kier molecular flexibility index (Phi) is 4.46. The molecule has 0 amide bonds. The molecule has 0 spiro atoms. The van der Waals surface area contributed by atoms with E-state index in [4.69, 9.17) is 0 Å². The summed E-state index contributed by atoms with van der Waals surface area (Å²) in [5.41, 5.74) is 1.47. The van der Waals surface area contributed by atoms with Crippen LogP contribution in [0, 0.1) is 5.92 Å². The standard InChI is InChI=1S/C16H27N3/c1-13-6-5-9-19(12-13)15-10-14(7-8-17-15)11-18-16(2,3)4/h7-8,10,13,18H,5-6,9,11-12H2,1-4H3. The number of rotatable bonds is 3. The largest absolute Gasteiger partial charge is 0.356 e. The number of nitrogens with one attached hydrogen (secondary N) is 1. The van der Waals surface area contributed by atoms with E-state index in [1.807, 2.05) is 6.20 Å². The van der Waals surface area contributed by atoms with E-state index in [1.165, 1.54) is 18.4 Å². The smallest absolute Gasteiger partial charge is 0.128 e. The van der Waals surface area contributed by atoms with Gasteiger partial charge in [0.05, 0.1) is 0 Å². The van der Waals surface area contributed by atoms with Gasteiger partial charge in [0.15, 0.2) is 0 Å². The van der Waals surface area contributed by atoms with E-state index >= 15 is 0 Å². The molecule has 0 saturated carbocycles. The SMILES string of the molecule is CC1CCCN(c2cc(CNC(C)(C)C)ccn2)C1. The highest BCUT2D eigenvalue weighted by Gasteiger charge is 2.17. The third-order valence-corrected chi connectivity index (χ3v) is 3.61. The zero-order valence-corrected chi connectivity index (χ0v) is 12.7. The molecular formula is C16H27N3. The Morgan fingerprint density at radius 2 is 2.21 bits per heavy atom. The third kappa shape index (κ3) is 4.50. The zero-order valence-electron chi connectivity index (χ0n) is 12.7. The van der Waals surface area contributed by atoms with Crippen LogP contribution in [0.25, 0.3) is 0 Å². The fourth-order valence-corrected chi connectivity index (χ4v) is 2.51. The summed E-state index contributed by atoms with van der Waals surface area (Å²) in [5.74, 6) is 1.92. The fourth-order valence-electron chi connectivity index (χ4n) is 2.51. The molecular weight excluding hydrogens is 234 g/mol. The fraction of sp³-hybridized carbons (Fsp3) is 0.688. The van der Waals surface area contributed by atoms with Crippen molar-refractivity contribution in [3.05, 3.63) is 23.9 Å². The first-order chi connectivity index (χ1) is 8.94. The van der Waals surface area contributed by atoms with Gasteiger partial charge in [-0.3, -0.25) is 0 Å². The van der Waals surface area contributed by atoms with Gasteiger partial charge < -0.3 is 10.2 Å². The van der Waals surface area contributed by atoms with E-state index in [0.717, 1.165) is 31.4 Å². The Hall–Kier alpha value is -1.09. The molecule has 1 unspecified atom stereocenters. The lowest BCUT2D eigenvalue weighted by molar-refractivity contribution is 0.423. The average Bonchev–Trinajstić information content (AvgIpc) is 2.36. The topological polar surface area (TPSA) is 28.2 Å². The molecule has 2 rings (SSSR count). The summed E-state index contributed by atoms with van der Waals surface area (Å²) < 4.78 is 0. The second-order valence-electron chi connectivity index (χ2n) is 6.82. The predicted octanol–water partition coefficient (Wildman–Crippen LogP) is 3.21. The van der Waals surface area contributed by atoms with Crippen LogP contribution in [0.4, 0.5) is 5.82 Å². The summed E-state index contributed by atoms with van der Waals surface area (Å²) in [4.78, 5) is 6.97. The van der Waals surface area contributed by atoms with E-state index in [0.29, 0.717) is 0 Å². The van der Waals surface area contributed by atoms with Gasteiger partial charge in [-0.25, -0.2) is 4.98 Å². The van der Waals surface area contributed by atoms with E-state index in [-0.39, 0.29) is 5.54 Å². The molecule has 3 heteroatoms. The Balaban J connectivity index is 2.02. The molecule has 1 aromatic heterocycles. The first kappa shape index (κ1) is 14.3. The molecule has 2 heterocycles. The quantitative estimate of drug-likeness (QED) is 0.905. The molecule has 19 heavy (non-hydrogen) atoms. The molecule has 1 aliphatic rings. The van der Waals surface area contributed by atoms with Crippen LogP contribution >= 0.6 is 0 Å². The number of pyridine rings is 1. The number of hydrogen-bond donors (Lipinski definition) is 1. The average molecular weight is 261 g/mol. The first-order valence-corrected chi connectivity index (χ1v) is 7.39. The molecule has 1 saturated heterocycles. The lowest BCUT2D eigenvalue weighted by atomic mass is 10.0. The maximum absolute atomic E-state index is 4.54. The van der Waals surface area contributed by atoms with E-state index in [9.17, 15) is 0 Å². The molecule has 0 aromatic carbocycles. The summed E-state index contributed by atoms with van der Waals surface area (Å²) in [7, 11) is 0. The van der Waals surface area contributed by atoms with Gasteiger partial charge in [0.2, 0.25) is 0 Å². The summed E-state index contributed by atoms with van der Waals surface area (Å²) in [5, 5.41) is 3.53. The highest BCUT2D eigenvalue weighted by atomic mass is 15.2. The van der Waals surface area contributed by atoms with Crippen LogP contribution in [0.15, 0.2) is 18.3 Å². The minimum Gasteiger partial charge on any atom is -0.356 e. The van der Waals surface area contributed by atoms with Crippen molar-refractivity contribution in [3.8, 4) is 0 Å². The van der Waals surface area contributed by atoms with Gasteiger partial charge >= 0.3 is 0 Å². The first-order valence-electron chi connectivity index (χ1n) is 7.39. The molecule has 1 N–H and O–H groups in total. The van der Waals surface area contributed by atoms with Crippen molar-refractivity contribution in [2.24, 2.45) is 5.92 Å². The molecule has 0 radical (unpaired) electrons. The van der Waals surface area contributed by atoms with Gasteiger partial charge in [0.1, 0.15) is 5.82 Å². The lowest BCUT2D eigenvalue weighted by Gasteiger charge is -2.32. The van der Waals surface area contributed by atoms with Gasteiger partial charge in [-0.1, -0.05) is 6.92 Å². The summed E-state index contributed by atoms with van der Waals surface area (Å²) in [6.45, 7) is 12.1. The summed E-state index contributed by atoms with van der Waals surface area (Å²) in [6.07, 6.45) is 4.57. The number of piperidine rings is 1. The molecule has 0 bridgehead atoms. The molecule has 106 valence electrons. The molecule has 1 aromatic rings. The monoisotopic (exact) mass is 261 g/mol. The molecule has 1 aliphatic heterocycles. The molecule has 1 fully saturated rings. The Morgan fingerprint density at radius 1 is 1.42 bits per heavy atom. The van der Waals surface area contributed by atoms with Gasteiger partial charge in [-0.05, 0) is 57.2 Å². The van der Waals surface area contributed by atoms with Crippen LogP contribution in [0.3, 0.4) is 0 Å². The van der Waals surface area contributed by atoms with Crippen molar-refractivity contribution in [1.29, 1.82) is 0 Å².